The Balaban J connectivity index is 1.74. The van der Waals surface area contributed by atoms with Gasteiger partial charge in [0, 0.05) is 6.54 Å². The highest BCUT2D eigenvalue weighted by molar-refractivity contribution is 5.06. The Morgan fingerprint density at radius 2 is 1.79 bits per heavy atom. The first kappa shape index (κ1) is 9.21. The summed E-state index contributed by atoms with van der Waals surface area (Å²) in [6, 6.07) is 0. The molecule has 3 saturated carbocycles. The molecule has 1 heteroatoms. The van der Waals surface area contributed by atoms with E-state index in [1.165, 1.54) is 32.2 Å². The molecule has 80 valence electrons. The molecule has 2 unspecified atom stereocenters. The maximum absolute atomic E-state index is 3.47. The van der Waals surface area contributed by atoms with Crippen LogP contribution in [0.4, 0.5) is 0 Å². The Hall–Kier alpha value is -0.0400. The van der Waals surface area contributed by atoms with Gasteiger partial charge >= 0.3 is 0 Å². The Morgan fingerprint density at radius 1 is 1.14 bits per heavy atom. The lowest BCUT2D eigenvalue weighted by Gasteiger charge is -2.37. The van der Waals surface area contributed by atoms with E-state index in [2.05, 4.69) is 12.4 Å². The standard InChI is InChI=1S/C13H23N/c1-14-9-13(12-4-2-3-5-12)7-10-6-11(10)8-13/h10-12,14H,2-9H2,1H3. The molecule has 0 amide bonds. The third kappa shape index (κ3) is 1.32. The van der Waals surface area contributed by atoms with Gasteiger partial charge < -0.3 is 5.32 Å². The van der Waals surface area contributed by atoms with Gasteiger partial charge in [-0.3, -0.25) is 0 Å². The second kappa shape index (κ2) is 3.23. The van der Waals surface area contributed by atoms with E-state index in [-0.39, 0.29) is 0 Å². The smallest absolute Gasteiger partial charge is 0.000767 e. The second-order valence-corrected chi connectivity index (χ2v) is 6.04. The summed E-state index contributed by atoms with van der Waals surface area (Å²) in [6.45, 7) is 1.30. The molecule has 3 aliphatic rings. The number of hydrogen-bond acceptors (Lipinski definition) is 1. The maximum atomic E-state index is 3.47. The predicted molar refractivity (Wildman–Crippen MR) is 59.1 cm³/mol. The number of rotatable bonds is 3. The average Bonchev–Trinajstić information content (AvgIpc) is 2.70. The highest BCUT2D eigenvalue weighted by Crippen LogP contribution is 2.64. The summed E-state index contributed by atoms with van der Waals surface area (Å²) in [5.41, 5.74) is 0.735. The van der Waals surface area contributed by atoms with Crippen molar-refractivity contribution in [2.45, 2.75) is 44.9 Å². The van der Waals surface area contributed by atoms with Gasteiger partial charge in [0.2, 0.25) is 0 Å². The summed E-state index contributed by atoms with van der Waals surface area (Å²) in [5.74, 6) is 3.36. The number of fused-ring (bicyclic) bond motifs is 1. The van der Waals surface area contributed by atoms with Crippen molar-refractivity contribution in [1.29, 1.82) is 0 Å². The molecule has 14 heavy (non-hydrogen) atoms. The van der Waals surface area contributed by atoms with E-state index in [0.29, 0.717) is 0 Å². The lowest BCUT2D eigenvalue weighted by molar-refractivity contribution is 0.147. The molecular formula is C13H23N. The van der Waals surface area contributed by atoms with E-state index in [9.17, 15) is 0 Å². The van der Waals surface area contributed by atoms with Crippen LogP contribution < -0.4 is 5.32 Å². The first-order chi connectivity index (χ1) is 6.84. The fourth-order valence-electron chi connectivity index (χ4n) is 4.45. The molecule has 3 rings (SSSR count). The average molecular weight is 193 g/mol. The van der Waals surface area contributed by atoms with Crippen LogP contribution in [-0.4, -0.2) is 13.6 Å². The molecule has 1 nitrogen and oxygen atoms in total. The van der Waals surface area contributed by atoms with Crippen molar-refractivity contribution in [2.24, 2.45) is 23.2 Å². The van der Waals surface area contributed by atoms with Crippen molar-refractivity contribution >= 4 is 0 Å². The van der Waals surface area contributed by atoms with Gasteiger partial charge in [0.1, 0.15) is 0 Å². The van der Waals surface area contributed by atoms with Gasteiger partial charge in [0.25, 0.3) is 0 Å². The first-order valence-electron chi connectivity index (χ1n) is 6.49. The third-order valence-corrected chi connectivity index (χ3v) is 5.16. The molecule has 0 aromatic rings. The molecule has 0 radical (unpaired) electrons. The van der Waals surface area contributed by atoms with Crippen LogP contribution in [-0.2, 0) is 0 Å². The second-order valence-electron chi connectivity index (χ2n) is 6.04. The highest BCUT2D eigenvalue weighted by Gasteiger charge is 2.56. The van der Waals surface area contributed by atoms with Gasteiger partial charge in [-0.1, -0.05) is 12.8 Å². The van der Waals surface area contributed by atoms with Crippen LogP contribution >= 0.6 is 0 Å². The van der Waals surface area contributed by atoms with Gasteiger partial charge in [0.05, 0.1) is 0 Å². The monoisotopic (exact) mass is 193 g/mol. The van der Waals surface area contributed by atoms with Gasteiger partial charge in [-0.25, -0.2) is 0 Å². The Morgan fingerprint density at radius 3 is 2.36 bits per heavy atom. The molecule has 0 aromatic carbocycles. The van der Waals surface area contributed by atoms with Crippen LogP contribution in [0.2, 0.25) is 0 Å². The lowest BCUT2D eigenvalue weighted by Crippen LogP contribution is -2.37. The Kier molecular flexibility index (Phi) is 2.12. The van der Waals surface area contributed by atoms with Crippen LogP contribution in [0.1, 0.15) is 44.9 Å². The largest absolute Gasteiger partial charge is 0.319 e. The van der Waals surface area contributed by atoms with E-state index in [1.54, 1.807) is 19.3 Å². The summed E-state index contributed by atoms with van der Waals surface area (Å²) in [7, 11) is 2.14. The molecular weight excluding hydrogens is 170 g/mol. The zero-order valence-electron chi connectivity index (χ0n) is 9.39. The minimum Gasteiger partial charge on any atom is -0.319 e. The van der Waals surface area contributed by atoms with E-state index < -0.39 is 0 Å². The molecule has 2 atom stereocenters. The van der Waals surface area contributed by atoms with Crippen LogP contribution in [0.15, 0.2) is 0 Å². The molecule has 3 aliphatic carbocycles. The fraction of sp³-hybridized carbons (Fsp3) is 1.00. The van der Waals surface area contributed by atoms with E-state index in [1.807, 2.05) is 0 Å². The van der Waals surface area contributed by atoms with Crippen molar-refractivity contribution in [3.8, 4) is 0 Å². The maximum Gasteiger partial charge on any atom is 0.000767 e. The van der Waals surface area contributed by atoms with Crippen molar-refractivity contribution in [3.63, 3.8) is 0 Å². The fourth-order valence-corrected chi connectivity index (χ4v) is 4.45. The molecule has 0 aromatic heterocycles. The van der Waals surface area contributed by atoms with Crippen LogP contribution in [0.25, 0.3) is 0 Å². The normalized spacial score (nSPS) is 46.9. The highest BCUT2D eigenvalue weighted by atomic mass is 14.8. The van der Waals surface area contributed by atoms with Crippen LogP contribution in [0.5, 0.6) is 0 Å². The molecule has 3 fully saturated rings. The van der Waals surface area contributed by atoms with E-state index >= 15 is 0 Å². The van der Waals surface area contributed by atoms with E-state index in [0.717, 1.165) is 23.2 Å². The molecule has 0 heterocycles. The minimum absolute atomic E-state index is 0.735. The topological polar surface area (TPSA) is 12.0 Å². The van der Waals surface area contributed by atoms with Gasteiger partial charge in [-0.05, 0) is 62.3 Å². The predicted octanol–water partition coefficient (Wildman–Crippen LogP) is 2.81. The summed E-state index contributed by atoms with van der Waals surface area (Å²) in [5, 5.41) is 3.47. The van der Waals surface area contributed by atoms with Crippen LogP contribution in [0.3, 0.4) is 0 Å². The van der Waals surface area contributed by atoms with Crippen LogP contribution in [0, 0.1) is 23.2 Å². The van der Waals surface area contributed by atoms with Crippen molar-refractivity contribution in [1.82, 2.24) is 5.32 Å². The Bertz CT molecular complexity index is 207. The third-order valence-electron chi connectivity index (χ3n) is 5.16. The molecule has 1 N–H and O–H groups in total. The minimum atomic E-state index is 0.735. The molecule has 0 aliphatic heterocycles. The number of hydrogen-bond donors (Lipinski definition) is 1. The van der Waals surface area contributed by atoms with Crippen molar-refractivity contribution < 1.29 is 0 Å². The summed E-state index contributed by atoms with van der Waals surface area (Å²) in [6.07, 6.45) is 10.8. The molecule has 0 saturated heterocycles. The quantitative estimate of drug-likeness (QED) is 0.727. The Labute approximate surface area is 87.7 Å². The van der Waals surface area contributed by atoms with Crippen molar-refractivity contribution in [2.75, 3.05) is 13.6 Å². The van der Waals surface area contributed by atoms with E-state index in [4.69, 9.17) is 0 Å². The summed E-state index contributed by atoms with van der Waals surface area (Å²) < 4.78 is 0. The first-order valence-corrected chi connectivity index (χ1v) is 6.49. The summed E-state index contributed by atoms with van der Waals surface area (Å²) >= 11 is 0. The lowest BCUT2D eigenvalue weighted by atomic mass is 9.71. The zero-order valence-corrected chi connectivity index (χ0v) is 9.39. The van der Waals surface area contributed by atoms with Gasteiger partial charge in [-0.2, -0.15) is 0 Å². The zero-order chi connectivity index (χ0) is 9.60. The molecule has 0 spiro atoms. The SMILES string of the molecule is CNCC1(C2CCCC2)CC2CC2C1. The van der Waals surface area contributed by atoms with Gasteiger partial charge in [-0.15, -0.1) is 0 Å². The summed E-state index contributed by atoms with van der Waals surface area (Å²) in [4.78, 5) is 0. The molecule has 0 bridgehead atoms. The van der Waals surface area contributed by atoms with Gasteiger partial charge in [0.15, 0.2) is 0 Å². The number of nitrogens with one attached hydrogen (secondary N) is 1. The van der Waals surface area contributed by atoms with Crippen molar-refractivity contribution in [3.05, 3.63) is 0 Å².